The summed E-state index contributed by atoms with van der Waals surface area (Å²) in [7, 11) is 0. The molecule has 0 spiro atoms. The van der Waals surface area contributed by atoms with E-state index in [1.54, 1.807) is 0 Å². The molecule has 1 aliphatic heterocycles. The third kappa shape index (κ3) is 1.98. The maximum atomic E-state index is 9.67. The monoisotopic (exact) mass is 248 g/mol. The van der Waals surface area contributed by atoms with Crippen LogP contribution in [-0.4, -0.2) is 24.9 Å². The van der Waals surface area contributed by atoms with E-state index in [4.69, 9.17) is 4.74 Å². The Kier molecular flexibility index (Phi) is 3.79. The fourth-order valence-corrected chi connectivity index (χ4v) is 3.57. The second-order valence-electron chi connectivity index (χ2n) is 5.71. The molecule has 0 aromatic heterocycles. The predicted molar refractivity (Wildman–Crippen MR) is 74.0 cm³/mol. The van der Waals surface area contributed by atoms with Crippen LogP contribution in [0.15, 0.2) is 12.1 Å². The molecule has 2 heteroatoms. The van der Waals surface area contributed by atoms with E-state index >= 15 is 0 Å². The largest absolute Gasteiger partial charge is 0.396 e. The molecule has 0 amide bonds. The van der Waals surface area contributed by atoms with Gasteiger partial charge in [0.05, 0.1) is 13.2 Å². The van der Waals surface area contributed by atoms with Crippen LogP contribution in [0.5, 0.6) is 0 Å². The van der Waals surface area contributed by atoms with E-state index in [1.807, 2.05) is 0 Å². The Morgan fingerprint density at radius 1 is 1.22 bits per heavy atom. The van der Waals surface area contributed by atoms with E-state index in [0.29, 0.717) is 5.92 Å². The van der Waals surface area contributed by atoms with Crippen molar-refractivity contribution in [2.45, 2.75) is 39.5 Å². The van der Waals surface area contributed by atoms with E-state index < -0.39 is 0 Å². The summed E-state index contributed by atoms with van der Waals surface area (Å²) >= 11 is 0. The average molecular weight is 248 g/mol. The quantitative estimate of drug-likeness (QED) is 0.888. The number of hydrogen-bond donors (Lipinski definition) is 1. The van der Waals surface area contributed by atoms with Crippen molar-refractivity contribution in [3.8, 4) is 0 Å². The molecular formula is C16H24O2. The van der Waals surface area contributed by atoms with Crippen LogP contribution in [-0.2, 0) is 10.2 Å². The van der Waals surface area contributed by atoms with Crippen LogP contribution in [0.25, 0.3) is 0 Å². The van der Waals surface area contributed by atoms with Crippen molar-refractivity contribution in [1.29, 1.82) is 0 Å². The molecule has 0 aliphatic carbocycles. The molecule has 1 aromatic carbocycles. The SMILES string of the molecule is CCC(CO)C1(c2c(C)cc(C)cc2C)COC1. The lowest BCUT2D eigenvalue weighted by Crippen LogP contribution is -2.54. The normalized spacial score (nSPS) is 19.4. The maximum absolute atomic E-state index is 9.67. The highest BCUT2D eigenvalue weighted by Crippen LogP contribution is 2.44. The molecule has 1 heterocycles. The number of hydrogen-bond acceptors (Lipinski definition) is 2. The highest BCUT2D eigenvalue weighted by molar-refractivity contribution is 5.44. The average Bonchev–Trinajstić information content (AvgIpc) is 2.24. The van der Waals surface area contributed by atoms with Crippen LogP contribution in [0.3, 0.4) is 0 Å². The minimum atomic E-state index is 0.0331. The second kappa shape index (κ2) is 5.02. The van der Waals surface area contributed by atoms with Gasteiger partial charge in [-0.15, -0.1) is 0 Å². The minimum absolute atomic E-state index is 0.0331. The van der Waals surface area contributed by atoms with Gasteiger partial charge >= 0.3 is 0 Å². The minimum Gasteiger partial charge on any atom is -0.396 e. The lowest BCUT2D eigenvalue weighted by Gasteiger charge is -2.48. The fourth-order valence-electron chi connectivity index (χ4n) is 3.57. The number of aliphatic hydroxyl groups is 1. The van der Waals surface area contributed by atoms with Crippen molar-refractivity contribution >= 4 is 0 Å². The van der Waals surface area contributed by atoms with Gasteiger partial charge < -0.3 is 9.84 Å². The summed E-state index contributed by atoms with van der Waals surface area (Å²) in [5, 5.41) is 9.67. The summed E-state index contributed by atoms with van der Waals surface area (Å²) in [6.07, 6.45) is 0.993. The molecule has 18 heavy (non-hydrogen) atoms. The lowest BCUT2D eigenvalue weighted by molar-refractivity contribution is -0.102. The highest BCUT2D eigenvalue weighted by Gasteiger charge is 2.47. The van der Waals surface area contributed by atoms with Crippen molar-refractivity contribution in [1.82, 2.24) is 0 Å². The zero-order valence-corrected chi connectivity index (χ0v) is 11.9. The summed E-state index contributed by atoms with van der Waals surface area (Å²) < 4.78 is 5.51. The molecular weight excluding hydrogens is 224 g/mol. The zero-order valence-electron chi connectivity index (χ0n) is 11.9. The van der Waals surface area contributed by atoms with Gasteiger partial charge in [-0.2, -0.15) is 0 Å². The molecule has 2 rings (SSSR count). The summed E-state index contributed by atoms with van der Waals surface area (Å²) in [4.78, 5) is 0. The van der Waals surface area contributed by atoms with Crippen LogP contribution in [0.1, 0.15) is 35.6 Å². The Balaban J connectivity index is 2.51. The first-order valence-corrected chi connectivity index (χ1v) is 6.82. The van der Waals surface area contributed by atoms with Gasteiger partial charge in [-0.3, -0.25) is 0 Å². The Labute approximate surface area is 110 Å². The summed E-state index contributed by atoms with van der Waals surface area (Å²) in [6.45, 7) is 10.4. The molecule has 0 radical (unpaired) electrons. The molecule has 1 aromatic rings. The van der Waals surface area contributed by atoms with Gasteiger partial charge in [-0.25, -0.2) is 0 Å². The van der Waals surface area contributed by atoms with E-state index in [9.17, 15) is 5.11 Å². The molecule has 1 N–H and O–H groups in total. The molecule has 1 unspecified atom stereocenters. The lowest BCUT2D eigenvalue weighted by atomic mass is 9.65. The zero-order chi connectivity index (χ0) is 13.3. The standard InChI is InChI=1S/C16H24O2/c1-5-14(8-17)16(9-18-10-16)15-12(3)6-11(2)7-13(15)4/h6-7,14,17H,5,8-10H2,1-4H3. The van der Waals surface area contributed by atoms with Gasteiger partial charge in [0.25, 0.3) is 0 Å². The van der Waals surface area contributed by atoms with Gasteiger partial charge in [0.1, 0.15) is 0 Å². The third-order valence-electron chi connectivity index (χ3n) is 4.39. The molecule has 1 atom stereocenters. The van der Waals surface area contributed by atoms with Crippen molar-refractivity contribution in [2.24, 2.45) is 5.92 Å². The molecule has 1 fully saturated rings. The number of rotatable bonds is 4. The Bertz CT molecular complexity index is 406. The fraction of sp³-hybridized carbons (Fsp3) is 0.625. The first-order valence-electron chi connectivity index (χ1n) is 6.82. The van der Waals surface area contributed by atoms with Gasteiger partial charge in [-0.05, 0) is 43.4 Å². The first-order chi connectivity index (χ1) is 8.55. The molecule has 1 aliphatic rings. The van der Waals surface area contributed by atoms with Gasteiger partial charge in [-0.1, -0.05) is 31.0 Å². The van der Waals surface area contributed by atoms with Crippen LogP contribution in [0.4, 0.5) is 0 Å². The van der Waals surface area contributed by atoms with Crippen molar-refractivity contribution < 1.29 is 9.84 Å². The topological polar surface area (TPSA) is 29.5 Å². The Morgan fingerprint density at radius 2 is 1.78 bits per heavy atom. The van der Waals surface area contributed by atoms with E-state index in [0.717, 1.165) is 19.6 Å². The number of aryl methyl sites for hydroxylation is 3. The number of ether oxygens (including phenoxy) is 1. The summed E-state index contributed by atoms with van der Waals surface area (Å²) in [5.74, 6) is 0.298. The van der Waals surface area contributed by atoms with Crippen LogP contribution >= 0.6 is 0 Å². The van der Waals surface area contributed by atoms with E-state index in [1.165, 1.54) is 22.3 Å². The smallest absolute Gasteiger partial charge is 0.0589 e. The van der Waals surface area contributed by atoms with Crippen LogP contribution in [0.2, 0.25) is 0 Å². The number of aliphatic hydroxyl groups excluding tert-OH is 1. The first kappa shape index (κ1) is 13.6. The van der Waals surface area contributed by atoms with Gasteiger partial charge in [0.15, 0.2) is 0 Å². The van der Waals surface area contributed by atoms with Gasteiger partial charge in [0.2, 0.25) is 0 Å². The molecule has 0 bridgehead atoms. The molecule has 100 valence electrons. The third-order valence-corrected chi connectivity index (χ3v) is 4.39. The Hall–Kier alpha value is -0.860. The van der Waals surface area contributed by atoms with E-state index in [-0.39, 0.29) is 12.0 Å². The molecule has 0 saturated carbocycles. The van der Waals surface area contributed by atoms with Crippen molar-refractivity contribution in [3.63, 3.8) is 0 Å². The summed E-state index contributed by atoms with van der Waals surface area (Å²) in [5.41, 5.74) is 5.41. The maximum Gasteiger partial charge on any atom is 0.0589 e. The summed E-state index contributed by atoms with van der Waals surface area (Å²) in [6, 6.07) is 4.49. The highest BCUT2D eigenvalue weighted by atomic mass is 16.5. The molecule has 1 saturated heterocycles. The van der Waals surface area contributed by atoms with Crippen molar-refractivity contribution in [3.05, 3.63) is 34.4 Å². The predicted octanol–water partition coefficient (Wildman–Crippen LogP) is 2.90. The van der Waals surface area contributed by atoms with Crippen LogP contribution in [0, 0.1) is 26.7 Å². The van der Waals surface area contributed by atoms with E-state index in [2.05, 4.69) is 39.8 Å². The number of benzene rings is 1. The Morgan fingerprint density at radius 3 is 2.11 bits per heavy atom. The van der Waals surface area contributed by atoms with Crippen LogP contribution < -0.4 is 0 Å². The molecule has 2 nitrogen and oxygen atoms in total. The van der Waals surface area contributed by atoms with Crippen molar-refractivity contribution in [2.75, 3.05) is 19.8 Å². The second-order valence-corrected chi connectivity index (χ2v) is 5.71. The van der Waals surface area contributed by atoms with Gasteiger partial charge in [0, 0.05) is 12.0 Å².